The Morgan fingerprint density at radius 2 is 1.44 bits per heavy atom. The number of rotatable bonds is 5. The third-order valence-corrected chi connectivity index (χ3v) is 8.45. The minimum atomic E-state index is -0.0496. The second kappa shape index (κ2) is 12.8. The van der Waals surface area contributed by atoms with Crippen LogP contribution in [0.1, 0.15) is 26.3 Å². The molecule has 48 heavy (non-hydrogen) atoms. The summed E-state index contributed by atoms with van der Waals surface area (Å²) in [7, 11) is 0. The molecule has 0 N–H and O–H groups in total. The quantitative estimate of drug-likeness (QED) is 0.131. The molecule has 2 aromatic heterocycles. The summed E-state index contributed by atoms with van der Waals surface area (Å²) in [5.74, 6) is 1.98. The maximum Gasteiger partial charge on any atom is 0.135 e. The van der Waals surface area contributed by atoms with Gasteiger partial charge in [-0.2, -0.15) is 12.1 Å². The largest absolute Gasteiger partial charge is 0.509 e. The van der Waals surface area contributed by atoms with Gasteiger partial charge in [-0.25, -0.2) is 4.98 Å². The van der Waals surface area contributed by atoms with E-state index in [1.807, 2.05) is 91.1 Å². The molecule has 8 rings (SSSR count). The molecule has 6 aromatic rings. The second-order valence-corrected chi connectivity index (χ2v) is 12.6. The van der Waals surface area contributed by atoms with E-state index < -0.39 is 0 Å². The van der Waals surface area contributed by atoms with E-state index in [2.05, 4.69) is 102 Å². The molecule has 6 nitrogen and oxygen atoms in total. The van der Waals surface area contributed by atoms with Gasteiger partial charge in [0.15, 0.2) is 0 Å². The number of hydrogen-bond acceptors (Lipinski definition) is 6. The predicted molar refractivity (Wildman–Crippen MR) is 189 cm³/mol. The van der Waals surface area contributed by atoms with Crippen LogP contribution in [0.2, 0.25) is 0 Å². The Bertz CT molecular complexity index is 2120. The first-order valence-electron chi connectivity index (χ1n) is 15.6. The first-order valence-corrected chi connectivity index (χ1v) is 15.6. The Morgan fingerprint density at radius 3 is 2.25 bits per heavy atom. The topological polar surface area (TPSA) is 44.7 Å². The molecule has 2 aliphatic heterocycles. The molecule has 0 bridgehead atoms. The number of aromatic nitrogens is 2. The molecule has 0 unspecified atom stereocenters. The summed E-state index contributed by atoms with van der Waals surface area (Å²) in [6, 6.07) is 42.0. The van der Waals surface area contributed by atoms with Gasteiger partial charge in [0.2, 0.25) is 0 Å². The Hall–Kier alpha value is -5.22. The van der Waals surface area contributed by atoms with Crippen molar-refractivity contribution in [3.8, 4) is 33.8 Å². The third kappa shape index (κ3) is 5.88. The zero-order valence-electron chi connectivity index (χ0n) is 26.7. The van der Waals surface area contributed by atoms with Crippen molar-refractivity contribution >= 4 is 28.6 Å². The maximum absolute atomic E-state index is 6.49. The number of pyridine rings is 2. The fourth-order valence-electron chi connectivity index (χ4n) is 6.04. The van der Waals surface area contributed by atoms with Crippen LogP contribution in [-0.4, -0.2) is 9.97 Å². The van der Waals surface area contributed by atoms with Crippen molar-refractivity contribution in [2.24, 2.45) is 0 Å². The summed E-state index contributed by atoms with van der Waals surface area (Å²) in [6.07, 6.45) is 9.69. The smallest absolute Gasteiger partial charge is 0.135 e. The van der Waals surface area contributed by atoms with Gasteiger partial charge in [-0.3, -0.25) is 4.98 Å². The molecule has 0 radical (unpaired) electrons. The second-order valence-electron chi connectivity index (χ2n) is 12.6. The third-order valence-electron chi connectivity index (χ3n) is 8.45. The first kappa shape index (κ1) is 31.4. The van der Waals surface area contributed by atoms with Crippen molar-refractivity contribution in [3.05, 3.63) is 158 Å². The predicted octanol–water partition coefficient (Wildman–Crippen LogP) is 10.2. The van der Waals surface area contributed by atoms with Gasteiger partial charge in [-0.1, -0.05) is 74.5 Å². The van der Waals surface area contributed by atoms with Gasteiger partial charge in [0.1, 0.15) is 5.82 Å². The molecule has 4 heterocycles. The fraction of sp³-hybridized carbons (Fsp3) is 0.0976. The zero-order valence-corrected chi connectivity index (χ0v) is 28.3. The Kier molecular flexibility index (Phi) is 8.35. The normalized spacial score (nSPS) is 13.3. The zero-order chi connectivity index (χ0) is 32.0. The molecule has 0 saturated carbocycles. The summed E-state index contributed by atoms with van der Waals surface area (Å²) >= 11 is 0. The monoisotopic (exact) mass is 716 g/mol. The van der Waals surface area contributed by atoms with Crippen LogP contribution in [-0.2, 0) is 25.8 Å². The summed E-state index contributed by atoms with van der Waals surface area (Å²) in [5, 5.41) is 0. The molecule has 7 heteroatoms. The minimum Gasteiger partial charge on any atom is -0.509 e. The van der Waals surface area contributed by atoms with Crippen LogP contribution in [0.3, 0.4) is 0 Å². The van der Waals surface area contributed by atoms with Crippen LogP contribution in [0.15, 0.2) is 134 Å². The van der Waals surface area contributed by atoms with Crippen molar-refractivity contribution in [1.82, 2.24) is 9.97 Å². The van der Waals surface area contributed by atoms with Crippen LogP contribution in [0.25, 0.3) is 22.3 Å². The van der Waals surface area contributed by atoms with Crippen LogP contribution in [0.4, 0.5) is 28.6 Å². The van der Waals surface area contributed by atoms with Gasteiger partial charge in [-0.05, 0) is 59.3 Å². The number of benzene rings is 4. The average Bonchev–Trinajstić information content (AvgIpc) is 3.56. The molecule has 0 spiro atoms. The Labute approximate surface area is 295 Å². The summed E-state index contributed by atoms with van der Waals surface area (Å²) in [6.45, 7) is 8.68. The molecule has 0 fully saturated rings. The first-order chi connectivity index (χ1) is 22.9. The Morgan fingerprint density at radius 1 is 0.688 bits per heavy atom. The van der Waals surface area contributed by atoms with Crippen LogP contribution >= 0.6 is 0 Å². The molecule has 4 aromatic carbocycles. The van der Waals surface area contributed by atoms with Gasteiger partial charge in [0.25, 0.3) is 0 Å². The van der Waals surface area contributed by atoms with Crippen molar-refractivity contribution in [2.75, 3.05) is 14.7 Å². The fourth-order valence-corrected chi connectivity index (χ4v) is 6.04. The SMILES string of the molecule is CC(C)(C)c1ccnc(N2c3[c-]c(Oc4[c-]c(N5C=CN(c6ccccc6)[CH-]5)ccc4)ccc3-c3ccccc3-c3cnccc32)c1.[Pd]. The molecule has 0 saturated heterocycles. The number of fused-ring (bicyclic) bond motifs is 5. The van der Waals surface area contributed by atoms with Crippen molar-refractivity contribution < 1.29 is 25.2 Å². The van der Waals surface area contributed by atoms with E-state index in [4.69, 9.17) is 9.72 Å². The van der Waals surface area contributed by atoms with E-state index in [-0.39, 0.29) is 25.8 Å². The minimum absolute atomic E-state index is 0. The molecular weight excluding hydrogens is 685 g/mol. The van der Waals surface area contributed by atoms with Gasteiger partial charge in [0, 0.05) is 61.8 Å². The maximum atomic E-state index is 6.49. The number of hydrogen-bond donors (Lipinski definition) is 0. The van der Waals surface area contributed by atoms with Crippen molar-refractivity contribution in [2.45, 2.75) is 26.2 Å². The number of para-hydroxylation sites is 1. The van der Waals surface area contributed by atoms with E-state index in [0.29, 0.717) is 11.5 Å². The van der Waals surface area contributed by atoms with Gasteiger partial charge < -0.3 is 19.4 Å². The van der Waals surface area contributed by atoms with Gasteiger partial charge >= 0.3 is 0 Å². The van der Waals surface area contributed by atoms with E-state index in [1.165, 1.54) is 5.56 Å². The van der Waals surface area contributed by atoms with Gasteiger partial charge in [-0.15, -0.1) is 48.3 Å². The number of anilines is 5. The van der Waals surface area contributed by atoms with E-state index in [0.717, 1.165) is 50.8 Å². The van der Waals surface area contributed by atoms with Crippen LogP contribution < -0.4 is 19.4 Å². The summed E-state index contributed by atoms with van der Waals surface area (Å²) < 4.78 is 6.49. The summed E-state index contributed by atoms with van der Waals surface area (Å²) in [4.78, 5) is 15.7. The van der Waals surface area contributed by atoms with Crippen molar-refractivity contribution in [1.29, 1.82) is 0 Å². The molecule has 0 amide bonds. The van der Waals surface area contributed by atoms with Gasteiger partial charge in [0.05, 0.1) is 5.69 Å². The number of nitrogens with zero attached hydrogens (tertiary/aromatic N) is 5. The average molecular weight is 717 g/mol. The Balaban J connectivity index is 0.00000364. The summed E-state index contributed by atoms with van der Waals surface area (Å²) in [5.41, 5.74) is 9.19. The molecule has 0 aliphatic carbocycles. The van der Waals surface area contributed by atoms with Crippen LogP contribution in [0.5, 0.6) is 11.5 Å². The van der Waals surface area contributed by atoms with E-state index >= 15 is 0 Å². The van der Waals surface area contributed by atoms with Crippen LogP contribution in [0, 0.1) is 18.8 Å². The molecule has 240 valence electrons. The van der Waals surface area contributed by atoms with E-state index in [9.17, 15) is 0 Å². The molecular formula is C41H32N5OPd-3. The van der Waals surface area contributed by atoms with Crippen molar-refractivity contribution in [3.63, 3.8) is 0 Å². The number of ether oxygens (including phenoxy) is 1. The van der Waals surface area contributed by atoms with E-state index in [1.54, 1.807) is 0 Å². The standard InChI is InChI=1S/C41H32N5O.Pd/c1-41(2,3)29-18-21-43-40(24-29)46-38-19-20-42-27-37(38)35-15-8-7-14-34(35)36-17-16-33(26-39(36)46)47-32-13-9-12-31(25-32)45-23-22-44(28-45)30-10-5-4-6-11-30;/h4-24,27-28H,1-3H3;/q-3;. The molecule has 2 aliphatic rings. The molecule has 0 atom stereocenters.